The Morgan fingerprint density at radius 3 is 3.17 bits per heavy atom. The lowest BCUT2D eigenvalue weighted by atomic mass is 10.1. The molecule has 0 saturated carbocycles. The first-order valence-electron chi connectivity index (χ1n) is 4.69. The van der Waals surface area contributed by atoms with Crippen molar-refractivity contribution < 1.29 is 0 Å². The average molecular weight is 165 g/mol. The standard InChI is InChI=1S/C9H15N3/c1-2-4-9(10-5-3-1)8-6-11-12-7-8/h6-7,9-10H,1-5H2,(H,11,12). The molecule has 2 rings (SSSR count). The minimum atomic E-state index is 0.534. The second-order valence-corrected chi connectivity index (χ2v) is 3.39. The molecule has 1 saturated heterocycles. The molecule has 0 radical (unpaired) electrons. The third kappa shape index (κ3) is 1.67. The van der Waals surface area contributed by atoms with Crippen molar-refractivity contribution >= 4 is 0 Å². The van der Waals surface area contributed by atoms with Gasteiger partial charge in [0.05, 0.1) is 6.20 Å². The molecular formula is C9H15N3. The van der Waals surface area contributed by atoms with Crippen molar-refractivity contribution in [1.82, 2.24) is 15.5 Å². The van der Waals surface area contributed by atoms with Crippen LogP contribution in [-0.2, 0) is 0 Å². The first-order chi connectivity index (χ1) is 5.97. The van der Waals surface area contributed by atoms with Gasteiger partial charge in [-0.1, -0.05) is 12.8 Å². The van der Waals surface area contributed by atoms with E-state index in [1.165, 1.54) is 31.2 Å². The first kappa shape index (κ1) is 7.80. The number of hydrogen-bond acceptors (Lipinski definition) is 2. The summed E-state index contributed by atoms with van der Waals surface area (Å²) in [6.07, 6.45) is 9.17. The average Bonchev–Trinajstić information content (AvgIpc) is 2.48. The number of H-pyrrole nitrogens is 1. The number of nitrogens with zero attached hydrogens (tertiary/aromatic N) is 1. The normalized spacial score (nSPS) is 25.2. The quantitative estimate of drug-likeness (QED) is 0.663. The zero-order valence-electron chi connectivity index (χ0n) is 7.21. The van der Waals surface area contributed by atoms with Crippen LogP contribution >= 0.6 is 0 Å². The summed E-state index contributed by atoms with van der Waals surface area (Å²) in [7, 11) is 0. The van der Waals surface area contributed by atoms with Crippen molar-refractivity contribution in [2.75, 3.05) is 6.54 Å². The van der Waals surface area contributed by atoms with E-state index in [9.17, 15) is 0 Å². The lowest BCUT2D eigenvalue weighted by Crippen LogP contribution is -2.19. The molecule has 3 nitrogen and oxygen atoms in total. The number of aromatic amines is 1. The highest BCUT2D eigenvalue weighted by Gasteiger charge is 2.13. The molecule has 66 valence electrons. The molecule has 2 heterocycles. The van der Waals surface area contributed by atoms with Gasteiger partial charge in [0.1, 0.15) is 0 Å². The Balaban J connectivity index is 2.02. The van der Waals surface area contributed by atoms with Crippen molar-refractivity contribution in [2.45, 2.75) is 31.7 Å². The predicted octanol–water partition coefficient (Wildman–Crippen LogP) is 1.61. The van der Waals surface area contributed by atoms with E-state index in [0.717, 1.165) is 6.54 Å². The Hall–Kier alpha value is -0.830. The summed E-state index contributed by atoms with van der Waals surface area (Å²) in [5.41, 5.74) is 1.30. The van der Waals surface area contributed by atoms with E-state index in [1.807, 2.05) is 12.4 Å². The Morgan fingerprint density at radius 2 is 2.33 bits per heavy atom. The van der Waals surface area contributed by atoms with E-state index in [4.69, 9.17) is 0 Å². The molecule has 0 bridgehead atoms. The van der Waals surface area contributed by atoms with Gasteiger partial charge in [0, 0.05) is 17.8 Å². The maximum Gasteiger partial charge on any atom is 0.0535 e. The molecule has 1 unspecified atom stereocenters. The molecule has 1 aliphatic heterocycles. The SMILES string of the molecule is c1n[nH]cc1C1CCCCCN1. The summed E-state index contributed by atoms with van der Waals surface area (Å²) in [4.78, 5) is 0. The predicted molar refractivity (Wildman–Crippen MR) is 47.8 cm³/mol. The van der Waals surface area contributed by atoms with Crippen LogP contribution in [0.5, 0.6) is 0 Å². The van der Waals surface area contributed by atoms with E-state index in [0.29, 0.717) is 6.04 Å². The van der Waals surface area contributed by atoms with Crippen LogP contribution in [0.3, 0.4) is 0 Å². The molecule has 0 amide bonds. The fraction of sp³-hybridized carbons (Fsp3) is 0.667. The summed E-state index contributed by atoms with van der Waals surface area (Å²) in [6, 6.07) is 0.534. The minimum Gasteiger partial charge on any atom is -0.310 e. The molecule has 0 spiro atoms. The second kappa shape index (κ2) is 3.72. The lowest BCUT2D eigenvalue weighted by Gasteiger charge is -2.12. The van der Waals surface area contributed by atoms with Crippen molar-refractivity contribution in [1.29, 1.82) is 0 Å². The van der Waals surface area contributed by atoms with Crippen molar-refractivity contribution in [3.8, 4) is 0 Å². The molecule has 3 heteroatoms. The Morgan fingerprint density at radius 1 is 1.33 bits per heavy atom. The van der Waals surface area contributed by atoms with Crippen LogP contribution in [-0.4, -0.2) is 16.7 Å². The topological polar surface area (TPSA) is 40.7 Å². The van der Waals surface area contributed by atoms with Crippen molar-refractivity contribution in [3.63, 3.8) is 0 Å². The monoisotopic (exact) mass is 165 g/mol. The molecule has 1 aromatic rings. The van der Waals surface area contributed by atoms with Gasteiger partial charge < -0.3 is 5.32 Å². The Kier molecular flexibility index (Phi) is 2.42. The number of aromatic nitrogens is 2. The van der Waals surface area contributed by atoms with E-state index in [1.54, 1.807) is 0 Å². The summed E-state index contributed by atoms with van der Waals surface area (Å²) in [5.74, 6) is 0. The molecular weight excluding hydrogens is 150 g/mol. The van der Waals surface area contributed by atoms with Crippen LogP contribution in [0.15, 0.2) is 12.4 Å². The van der Waals surface area contributed by atoms with Crippen LogP contribution in [0, 0.1) is 0 Å². The summed E-state index contributed by atoms with van der Waals surface area (Å²) in [6.45, 7) is 1.15. The number of hydrogen-bond donors (Lipinski definition) is 2. The summed E-state index contributed by atoms with van der Waals surface area (Å²) < 4.78 is 0. The van der Waals surface area contributed by atoms with Gasteiger partial charge in [-0.3, -0.25) is 5.10 Å². The smallest absolute Gasteiger partial charge is 0.0535 e. The molecule has 1 fully saturated rings. The van der Waals surface area contributed by atoms with Gasteiger partial charge in [-0.2, -0.15) is 5.10 Å². The zero-order chi connectivity index (χ0) is 8.23. The Labute approximate surface area is 72.6 Å². The van der Waals surface area contributed by atoms with Crippen LogP contribution in [0.1, 0.15) is 37.3 Å². The van der Waals surface area contributed by atoms with Gasteiger partial charge in [0.15, 0.2) is 0 Å². The zero-order valence-corrected chi connectivity index (χ0v) is 7.21. The third-order valence-corrected chi connectivity index (χ3v) is 2.48. The highest BCUT2D eigenvalue weighted by molar-refractivity contribution is 5.09. The highest BCUT2D eigenvalue weighted by Crippen LogP contribution is 2.20. The largest absolute Gasteiger partial charge is 0.310 e. The van der Waals surface area contributed by atoms with Gasteiger partial charge in [-0.25, -0.2) is 0 Å². The van der Waals surface area contributed by atoms with Crippen LogP contribution in [0.4, 0.5) is 0 Å². The molecule has 1 aliphatic rings. The van der Waals surface area contributed by atoms with Crippen molar-refractivity contribution in [2.24, 2.45) is 0 Å². The van der Waals surface area contributed by atoms with E-state index >= 15 is 0 Å². The molecule has 1 atom stereocenters. The lowest BCUT2D eigenvalue weighted by molar-refractivity contribution is 0.535. The summed E-state index contributed by atoms with van der Waals surface area (Å²) >= 11 is 0. The second-order valence-electron chi connectivity index (χ2n) is 3.39. The van der Waals surface area contributed by atoms with E-state index < -0.39 is 0 Å². The van der Waals surface area contributed by atoms with Gasteiger partial charge in [-0.05, 0) is 19.4 Å². The van der Waals surface area contributed by atoms with E-state index in [2.05, 4.69) is 15.5 Å². The van der Waals surface area contributed by atoms with Crippen LogP contribution < -0.4 is 5.32 Å². The fourth-order valence-electron chi connectivity index (χ4n) is 1.76. The van der Waals surface area contributed by atoms with Crippen LogP contribution in [0.2, 0.25) is 0 Å². The van der Waals surface area contributed by atoms with Gasteiger partial charge >= 0.3 is 0 Å². The molecule has 12 heavy (non-hydrogen) atoms. The highest BCUT2D eigenvalue weighted by atomic mass is 15.1. The fourth-order valence-corrected chi connectivity index (χ4v) is 1.76. The first-order valence-corrected chi connectivity index (χ1v) is 4.69. The maximum atomic E-state index is 3.96. The molecule has 2 N–H and O–H groups in total. The molecule has 0 aromatic carbocycles. The number of rotatable bonds is 1. The van der Waals surface area contributed by atoms with Crippen molar-refractivity contribution in [3.05, 3.63) is 18.0 Å². The molecule has 0 aliphatic carbocycles. The maximum absolute atomic E-state index is 3.96. The van der Waals surface area contributed by atoms with Gasteiger partial charge in [0.25, 0.3) is 0 Å². The van der Waals surface area contributed by atoms with E-state index in [-0.39, 0.29) is 0 Å². The Bertz CT molecular complexity index is 210. The van der Waals surface area contributed by atoms with Gasteiger partial charge in [0.2, 0.25) is 0 Å². The van der Waals surface area contributed by atoms with Crippen LogP contribution in [0.25, 0.3) is 0 Å². The minimum absolute atomic E-state index is 0.534. The van der Waals surface area contributed by atoms with Gasteiger partial charge in [-0.15, -0.1) is 0 Å². The molecule has 1 aromatic heterocycles. The third-order valence-electron chi connectivity index (χ3n) is 2.48. The number of nitrogens with one attached hydrogen (secondary N) is 2. The summed E-state index contributed by atoms with van der Waals surface area (Å²) in [5, 5.41) is 10.3.